The van der Waals surface area contributed by atoms with Gasteiger partial charge in [0, 0.05) is 30.8 Å². The third-order valence-corrected chi connectivity index (χ3v) is 3.67. The minimum Gasteiger partial charge on any atom is -0.382 e. The number of nitrogens with one attached hydrogen (secondary N) is 2. The molecule has 2 rings (SSSR count). The molecule has 1 aliphatic heterocycles. The van der Waals surface area contributed by atoms with Crippen molar-refractivity contribution in [2.75, 3.05) is 33.4 Å². The molecule has 1 atom stereocenters. The van der Waals surface area contributed by atoms with Crippen molar-refractivity contribution >= 4 is 18.3 Å². The maximum atomic E-state index is 13.7. The van der Waals surface area contributed by atoms with Gasteiger partial charge in [-0.15, -0.1) is 12.4 Å². The lowest BCUT2D eigenvalue weighted by atomic mass is 10.1. The third kappa shape index (κ3) is 6.43. The maximum Gasteiger partial charge on any atom is 0.251 e. The fourth-order valence-electron chi connectivity index (χ4n) is 2.40. The van der Waals surface area contributed by atoms with E-state index in [1.165, 1.54) is 12.1 Å². The Hall–Kier alpha value is -1.21. The second-order valence-corrected chi connectivity index (χ2v) is 5.35. The van der Waals surface area contributed by atoms with Crippen LogP contribution in [0.4, 0.5) is 4.39 Å². The van der Waals surface area contributed by atoms with E-state index in [0.717, 1.165) is 19.4 Å². The average Bonchev–Trinajstić information content (AvgIpc) is 3.04. The zero-order chi connectivity index (χ0) is 15.8. The Morgan fingerprint density at radius 2 is 2.26 bits per heavy atom. The van der Waals surface area contributed by atoms with E-state index < -0.39 is 0 Å². The third-order valence-electron chi connectivity index (χ3n) is 3.67. The normalized spacial score (nSPS) is 16.9. The van der Waals surface area contributed by atoms with Crippen LogP contribution < -0.4 is 10.6 Å². The molecule has 1 amide bonds. The van der Waals surface area contributed by atoms with Crippen molar-refractivity contribution < 1.29 is 18.7 Å². The van der Waals surface area contributed by atoms with Crippen LogP contribution in [-0.4, -0.2) is 45.4 Å². The summed E-state index contributed by atoms with van der Waals surface area (Å²) in [5.41, 5.74) is 0.826. The number of carbonyl (C=O) groups excluding carboxylic acids is 1. The summed E-state index contributed by atoms with van der Waals surface area (Å²) in [5, 5.41) is 6.20. The Morgan fingerprint density at radius 1 is 1.43 bits per heavy atom. The molecular formula is C16H24ClFN2O3. The summed E-state index contributed by atoms with van der Waals surface area (Å²) < 4.78 is 23.9. The van der Waals surface area contributed by atoms with Crippen LogP contribution in [-0.2, 0) is 16.1 Å². The van der Waals surface area contributed by atoms with Crippen molar-refractivity contribution in [3.8, 4) is 0 Å². The average molecular weight is 347 g/mol. The van der Waals surface area contributed by atoms with Crippen LogP contribution in [0, 0.1) is 5.82 Å². The van der Waals surface area contributed by atoms with Crippen LogP contribution in [0.25, 0.3) is 0 Å². The van der Waals surface area contributed by atoms with Crippen LogP contribution >= 0.6 is 12.4 Å². The molecule has 5 nitrogen and oxygen atoms in total. The Bertz CT molecular complexity index is 496. The molecule has 0 aromatic heterocycles. The summed E-state index contributed by atoms with van der Waals surface area (Å²) in [6.07, 6.45) is 2.21. The fraction of sp³-hybridized carbons (Fsp3) is 0.562. The highest BCUT2D eigenvalue weighted by Gasteiger charge is 2.16. The second-order valence-electron chi connectivity index (χ2n) is 5.35. The van der Waals surface area contributed by atoms with E-state index in [0.29, 0.717) is 36.9 Å². The largest absolute Gasteiger partial charge is 0.382 e. The van der Waals surface area contributed by atoms with Gasteiger partial charge in [0.05, 0.1) is 19.8 Å². The predicted octanol–water partition coefficient (Wildman–Crippen LogP) is 1.89. The molecule has 2 N–H and O–H groups in total. The van der Waals surface area contributed by atoms with Crippen molar-refractivity contribution in [1.29, 1.82) is 0 Å². The molecule has 1 aliphatic rings. The lowest BCUT2D eigenvalue weighted by molar-refractivity contribution is 0.0604. The van der Waals surface area contributed by atoms with Crippen molar-refractivity contribution in [3.05, 3.63) is 35.1 Å². The minimum atomic E-state index is -0.369. The first kappa shape index (κ1) is 19.8. The molecule has 0 saturated carbocycles. The van der Waals surface area contributed by atoms with Gasteiger partial charge in [0.25, 0.3) is 5.91 Å². The molecule has 0 spiro atoms. The maximum absolute atomic E-state index is 13.7. The van der Waals surface area contributed by atoms with Crippen LogP contribution in [0.5, 0.6) is 0 Å². The molecule has 1 heterocycles. The first-order valence-corrected chi connectivity index (χ1v) is 7.57. The second kappa shape index (κ2) is 10.5. The first-order valence-electron chi connectivity index (χ1n) is 7.57. The zero-order valence-corrected chi connectivity index (χ0v) is 14.1. The highest BCUT2D eigenvalue weighted by molar-refractivity contribution is 5.94. The standard InChI is InChI=1S/C16H23FN2O3.ClH/c1-21-7-8-22-11-13-9-12(4-5-15(13)17)16(20)19-10-14-3-2-6-18-14;/h4-5,9,14,18H,2-3,6-8,10-11H2,1H3,(H,19,20);1H. The van der Waals surface area contributed by atoms with Crippen molar-refractivity contribution in [3.63, 3.8) is 0 Å². The van der Waals surface area contributed by atoms with Gasteiger partial charge in [-0.05, 0) is 37.6 Å². The molecule has 1 aromatic carbocycles. The van der Waals surface area contributed by atoms with Gasteiger partial charge < -0.3 is 20.1 Å². The monoisotopic (exact) mass is 346 g/mol. The quantitative estimate of drug-likeness (QED) is 0.706. The highest BCUT2D eigenvalue weighted by atomic mass is 35.5. The minimum absolute atomic E-state index is 0. The van der Waals surface area contributed by atoms with Crippen LogP contribution in [0.15, 0.2) is 18.2 Å². The molecule has 23 heavy (non-hydrogen) atoms. The van der Waals surface area contributed by atoms with Gasteiger partial charge in [-0.2, -0.15) is 0 Å². The van der Waals surface area contributed by atoms with Gasteiger partial charge in [0.2, 0.25) is 0 Å². The van der Waals surface area contributed by atoms with Crippen LogP contribution in [0.3, 0.4) is 0 Å². The topological polar surface area (TPSA) is 59.6 Å². The number of benzene rings is 1. The van der Waals surface area contributed by atoms with Crippen LogP contribution in [0.2, 0.25) is 0 Å². The molecule has 1 fully saturated rings. The summed E-state index contributed by atoms with van der Waals surface area (Å²) >= 11 is 0. The molecule has 130 valence electrons. The predicted molar refractivity (Wildman–Crippen MR) is 88.5 cm³/mol. The van der Waals surface area contributed by atoms with E-state index in [-0.39, 0.29) is 30.7 Å². The molecule has 1 unspecified atom stereocenters. The summed E-state index contributed by atoms with van der Waals surface area (Å²) in [5.74, 6) is -0.557. The fourth-order valence-corrected chi connectivity index (χ4v) is 2.40. The lowest BCUT2D eigenvalue weighted by Crippen LogP contribution is -2.37. The number of hydrogen-bond acceptors (Lipinski definition) is 4. The van der Waals surface area contributed by atoms with E-state index in [1.54, 1.807) is 13.2 Å². The van der Waals surface area contributed by atoms with E-state index in [2.05, 4.69) is 10.6 Å². The van der Waals surface area contributed by atoms with Gasteiger partial charge in [-0.1, -0.05) is 0 Å². The molecule has 1 saturated heterocycles. The van der Waals surface area contributed by atoms with Gasteiger partial charge in [0.1, 0.15) is 5.82 Å². The SMILES string of the molecule is COCCOCc1cc(C(=O)NCC2CCCN2)ccc1F.Cl. The number of carbonyl (C=O) groups is 1. The summed E-state index contributed by atoms with van der Waals surface area (Å²) in [7, 11) is 1.58. The van der Waals surface area contributed by atoms with Crippen molar-refractivity contribution in [2.45, 2.75) is 25.5 Å². The van der Waals surface area contributed by atoms with E-state index in [1.807, 2.05) is 0 Å². The van der Waals surface area contributed by atoms with Gasteiger partial charge in [-0.3, -0.25) is 4.79 Å². The van der Waals surface area contributed by atoms with Crippen LogP contribution in [0.1, 0.15) is 28.8 Å². The van der Waals surface area contributed by atoms with Crippen molar-refractivity contribution in [1.82, 2.24) is 10.6 Å². The highest BCUT2D eigenvalue weighted by Crippen LogP contribution is 2.12. The summed E-state index contributed by atoms with van der Waals surface area (Å²) in [4.78, 5) is 12.1. The molecule has 0 bridgehead atoms. The Morgan fingerprint density at radius 3 is 2.96 bits per heavy atom. The Balaban J connectivity index is 0.00000264. The summed E-state index contributed by atoms with van der Waals surface area (Å²) in [6.45, 7) is 2.56. The number of rotatable bonds is 8. The van der Waals surface area contributed by atoms with Gasteiger partial charge >= 0.3 is 0 Å². The number of halogens is 2. The Kier molecular flexibility index (Phi) is 9.09. The molecular weight excluding hydrogens is 323 g/mol. The van der Waals surface area contributed by atoms with Crippen molar-refractivity contribution in [2.24, 2.45) is 0 Å². The van der Waals surface area contributed by atoms with E-state index >= 15 is 0 Å². The molecule has 1 aromatic rings. The van der Waals surface area contributed by atoms with E-state index in [4.69, 9.17) is 9.47 Å². The molecule has 7 heteroatoms. The number of ether oxygens (including phenoxy) is 2. The van der Waals surface area contributed by atoms with E-state index in [9.17, 15) is 9.18 Å². The number of methoxy groups -OCH3 is 1. The number of hydrogen-bond donors (Lipinski definition) is 2. The zero-order valence-electron chi connectivity index (χ0n) is 13.3. The lowest BCUT2D eigenvalue weighted by Gasteiger charge is -2.12. The smallest absolute Gasteiger partial charge is 0.251 e. The first-order chi connectivity index (χ1) is 10.7. The van der Waals surface area contributed by atoms with Gasteiger partial charge in [-0.25, -0.2) is 4.39 Å². The molecule has 0 radical (unpaired) electrons. The van der Waals surface area contributed by atoms with Gasteiger partial charge in [0.15, 0.2) is 0 Å². The number of amides is 1. The summed E-state index contributed by atoms with van der Waals surface area (Å²) in [6, 6.07) is 4.67. The Labute approximate surface area is 142 Å². The molecule has 0 aliphatic carbocycles.